The summed E-state index contributed by atoms with van der Waals surface area (Å²) in [5.74, 6) is 1.08. The summed E-state index contributed by atoms with van der Waals surface area (Å²) in [5, 5.41) is 4.24. The summed E-state index contributed by atoms with van der Waals surface area (Å²) in [6, 6.07) is 28.5. The number of rotatable bonds is 7. The molecule has 1 heterocycles. The minimum Gasteiger partial charge on any atom is -0.489 e. The molecule has 0 atom stereocenters. The molecule has 4 aromatic rings. The number of hydrogen-bond acceptors (Lipinski definition) is 5. The summed E-state index contributed by atoms with van der Waals surface area (Å²) in [4.78, 5) is 19.1. The van der Waals surface area contributed by atoms with Gasteiger partial charge in [-0.05, 0) is 17.7 Å². The molecule has 3 aromatic carbocycles. The fraction of sp³-hybridized carbons (Fsp3) is 0.0417. The van der Waals surface area contributed by atoms with Crippen LogP contribution in [0.15, 0.2) is 101 Å². The lowest BCUT2D eigenvalue weighted by Crippen LogP contribution is -2.10. The van der Waals surface area contributed by atoms with Crippen molar-refractivity contribution in [3.8, 4) is 17.0 Å². The summed E-state index contributed by atoms with van der Waals surface area (Å²) in [6.45, 7) is 0.421. The minimum absolute atomic E-state index is 0.252. The van der Waals surface area contributed by atoms with Crippen molar-refractivity contribution in [2.75, 3.05) is 5.43 Å². The monoisotopic (exact) mass is 396 g/mol. The van der Waals surface area contributed by atoms with Gasteiger partial charge in [-0.2, -0.15) is 5.10 Å². The summed E-state index contributed by atoms with van der Waals surface area (Å²) in [7, 11) is 0. The van der Waals surface area contributed by atoms with Crippen LogP contribution >= 0.6 is 0 Å². The highest BCUT2D eigenvalue weighted by Crippen LogP contribution is 2.16. The third kappa shape index (κ3) is 4.99. The molecule has 0 bridgehead atoms. The molecule has 0 unspecified atom stereocenters. The van der Waals surface area contributed by atoms with Gasteiger partial charge in [0.2, 0.25) is 5.95 Å². The lowest BCUT2D eigenvalue weighted by atomic mass is 10.1. The number of H-pyrrole nitrogens is 1. The van der Waals surface area contributed by atoms with Crippen LogP contribution in [0.2, 0.25) is 0 Å². The van der Waals surface area contributed by atoms with E-state index in [-0.39, 0.29) is 11.5 Å². The second-order valence-electron chi connectivity index (χ2n) is 6.52. The molecule has 0 aliphatic carbocycles. The van der Waals surface area contributed by atoms with Crippen LogP contribution in [0.25, 0.3) is 11.3 Å². The molecule has 0 saturated carbocycles. The predicted octanol–water partition coefficient (Wildman–Crippen LogP) is 4.46. The second kappa shape index (κ2) is 9.34. The molecule has 0 amide bonds. The highest BCUT2D eigenvalue weighted by Gasteiger charge is 2.04. The number of nitrogens with one attached hydrogen (secondary N) is 2. The van der Waals surface area contributed by atoms with Crippen molar-refractivity contribution in [2.45, 2.75) is 6.61 Å². The zero-order valence-corrected chi connectivity index (χ0v) is 16.2. The van der Waals surface area contributed by atoms with Crippen molar-refractivity contribution in [1.29, 1.82) is 0 Å². The molecule has 0 spiro atoms. The topological polar surface area (TPSA) is 79.4 Å². The standard InChI is InChI=1S/C24H20N4O2/c29-23-15-22(18-9-3-1-4-10-18)26-24(27-23)28-25-16-19-11-7-8-12-20(19)17-30-21-13-5-2-6-14-21/h1-16H,17H2,(H2,26,27,28,29)/b25-16-. The average molecular weight is 396 g/mol. The van der Waals surface area contributed by atoms with E-state index in [0.717, 1.165) is 22.4 Å². The van der Waals surface area contributed by atoms with Gasteiger partial charge in [0.1, 0.15) is 12.4 Å². The van der Waals surface area contributed by atoms with E-state index in [1.165, 1.54) is 6.07 Å². The van der Waals surface area contributed by atoms with Gasteiger partial charge >= 0.3 is 0 Å². The first-order valence-electron chi connectivity index (χ1n) is 9.49. The molecule has 0 saturated heterocycles. The molecule has 0 aliphatic rings. The van der Waals surface area contributed by atoms with Crippen LogP contribution in [0.5, 0.6) is 5.75 Å². The Balaban J connectivity index is 1.47. The Bertz CT molecular complexity index is 1190. The van der Waals surface area contributed by atoms with Crippen LogP contribution in [-0.2, 0) is 6.61 Å². The Morgan fingerprint density at radius 1 is 0.933 bits per heavy atom. The van der Waals surface area contributed by atoms with Gasteiger partial charge in [0.05, 0.1) is 11.9 Å². The van der Waals surface area contributed by atoms with Crippen LogP contribution in [0.4, 0.5) is 5.95 Å². The van der Waals surface area contributed by atoms with Gasteiger partial charge in [-0.15, -0.1) is 0 Å². The number of para-hydroxylation sites is 1. The third-order valence-corrected chi connectivity index (χ3v) is 4.38. The highest BCUT2D eigenvalue weighted by atomic mass is 16.5. The maximum atomic E-state index is 12.0. The number of hydrazone groups is 1. The molecule has 1 aromatic heterocycles. The Labute approximate surface area is 173 Å². The highest BCUT2D eigenvalue weighted by molar-refractivity contribution is 5.82. The Kier molecular flexibility index (Phi) is 5.96. The van der Waals surface area contributed by atoms with Gasteiger partial charge in [0.15, 0.2) is 0 Å². The second-order valence-corrected chi connectivity index (χ2v) is 6.52. The molecule has 0 radical (unpaired) electrons. The van der Waals surface area contributed by atoms with Gasteiger partial charge in [-0.25, -0.2) is 10.4 Å². The summed E-state index contributed by atoms with van der Waals surface area (Å²) in [5.41, 5.74) is 5.89. The Morgan fingerprint density at radius 3 is 2.43 bits per heavy atom. The van der Waals surface area contributed by atoms with Gasteiger partial charge in [-0.3, -0.25) is 9.78 Å². The number of anilines is 1. The van der Waals surface area contributed by atoms with Crippen molar-refractivity contribution < 1.29 is 4.74 Å². The Hall–Kier alpha value is -4.19. The molecular weight excluding hydrogens is 376 g/mol. The summed E-state index contributed by atoms with van der Waals surface area (Å²) < 4.78 is 5.84. The fourth-order valence-corrected chi connectivity index (χ4v) is 2.90. The fourth-order valence-electron chi connectivity index (χ4n) is 2.90. The molecule has 148 valence electrons. The first-order valence-corrected chi connectivity index (χ1v) is 9.49. The van der Waals surface area contributed by atoms with E-state index < -0.39 is 0 Å². The first-order chi connectivity index (χ1) is 14.8. The van der Waals surface area contributed by atoms with Crippen molar-refractivity contribution in [2.24, 2.45) is 5.10 Å². The van der Waals surface area contributed by atoms with E-state index in [2.05, 4.69) is 20.5 Å². The third-order valence-electron chi connectivity index (χ3n) is 4.38. The van der Waals surface area contributed by atoms with Crippen LogP contribution < -0.4 is 15.7 Å². The molecule has 0 aliphatic heterocycles. The largest absolute Gasteiger partial charge is 0.489 e. The van der Waals surface area contributed by atoms with E-state index in [1.54, 1.807) is 6.21 Å². The number of aromatic nitrogens is 2. The first kappa shape index (κ1) is 19.1. The van der Waals surface area contributed by atoms with Gasteiger partial charge in [0, 0.05) is 17.2 Å². The van der Waals surface area contributed by atoms with E-state index >= 15 is 0 Å². The van der Waals surface area contributed by atoms with Crippen LogP contribution in [0.3, 0.4) is 0 Å². The van der Waals surface area contributed by atoms with Gasteiger partial charge in [-0.1, -0.05) is 72.8 Å². The minimum atomic E-state index is -0.252. The molecule has 4 rings (SSSR count). The predicted molar refractivity (Wildman–Crippen MR) is 119 cm³/mol. The Morgan fingerprint density at radius 2 is 1.63 bits per heavy atom. The number of ether oxygens (including phenoxy) is 1. The zero-order chi connectivity index (χ0) is 20.6. The lowest BCUT2D eigenvalue weighted by molar-refractivity contribution is 0.306. The molecule has 0 fully saturated rings. The van der Waals surface area contributed by atoms with Crippen LogP contribution in [0.1, 0.15) is 11.1 Å². The molecule has 2 N–H and O–H groups in total. The number of hydrogen-bond donors (Lipinski definition) is 2. The van der Waals surface area contributed by atoms with E-state index in [9.17, 15) is 4.79 Å². The normalized spacial score (nSPS) is 10.8. The number of nitrogens with zero attached hydrogens (tertiary/aromatic N) is 2. The summed E-state index contributed by atoms with van der Waals surface area (Å²) in [6.07, 6.45) is 1.68. The summed E-state index contributed by atoms with van der Waals surface area (Å²) >= 11 is 0. The van der Waals surface area contributed by atoms with Crippen molar-refractivity contribution in [1.82, 2.24) is 9.97 Å². The van der Waals surface area contributed by atoms with Crippen molar-refractivity contribution in [3.63, 3.8) is 0 Å². The van der Waals surface area contributed by atoms with Gasteiger partial charge < -0.3 is 4.74 Å². The number of benzene rings is 3. The number of aromatic amines is 1. The average Bonchev–Trinajstić information content (AvgIpc) is 2.79. The van der Waals surface area contributed by atoms with Crippen molar-refractivity contribution in [3.05, 3.63) is 112 Å². The maximum Gasteiger partial charge on any atom is 0.252 e. The SMILES string of the molecule is O=c1cc(-c2ccccc2)nc(N/N=C\c2ccccc2COc2ccccc2)[nH]1. The van der Waals surface area contributed by atoms with Crippen LogP contribution in [-0.4, -0.2) is 16.2 Å². The lowest BCUT2D eigenvalue weighted by Gasteiger charge is -2.08. The van der Waals surface area contributed by atoms with Crippen molar-refractivity contribution >= 4 is 12.2 Å². The van der Waals surface area contributed by atoms with E-state index in [4.69, 9.17) is 4.74 Å². The quantitative estimate of drug-likeness (QED) is 0.357. The molecule has 6 heteroatoms. The van der Waals surface area contributed by atoms with Gasteiger partial charge in [0.25, 0.3) is 5.56 Å². The maximum absolute atomic E-state index is 12.0. The molecular formula is C24H20N4O2. The van der Waals surface area contributed by atoms with E-state index in [1.807, 2.05) is 84.9 Å². The van der Waals surface area contributed by atoms with Crippen LogP contribution in [0, 0.1) is 0 Å². The molecule has 6 nitrogen and oxygen atoms in total. The van der Waals surface area contributed by atoms with E-state index in [0.29, 0.717) is 12.3 Å². The smallest absolute Gasteiger partial charge is 0.252 e. The molecule has 30 heavy (non-hydrogen) atoms. The zero-order valence-electron chi connectivity index (χ0n) is 16.2.